The van der Waals surface area contributed by atoms with Crippen molar-refractivity contribution in [3.8, 4) is 0 Å². The molecule has 2 amide bonds. The van der Waals surface area contributed by atoms with Crippen LogP contribution in [-0.4, -0.2) is 49.7 Å². The molecule has 6 nitrogen and oxygen atoms in total. The number of esters is 1. The summed E-state index contributed by atoms with van der Waals surface area (Å²) < 4.78 is 5.06. The van der Waals surface area contributed by atoms with Crippen molar-refractivity contribution < 1.29 is 14.3 Å². The first-order chi connectivity index (χ1) is 11.6. The minimum atomic E-state index is -0.413. The first-order valence-corrected chi connectivity index (χ1v) is 8.66. The Balaban J connectivity index is 1.70. The number of nitrogens with zero attached hydrogens (tertiary/aromatic N) is 1. The maximum Gasteiger partial charge on any atom is 0.340 e. The molecule has 2 N–H and O–H groups in total. The number of carbonyl (C=O) groups is 2. The van der Waals surface area contributed by atoms with Gasteiger partial charge < -0.3 is 20.3 Å². The van der Waals surface area contributed by atoms with Gasteiger partial charge in [0.15, 0.2) is 0 Å². The third-order valence-electron chi connectivity index (χ3n) is 4.94. The van der Waals surface area contributed by atoms with Gasteiger partial charge in [0, 0.05) is 25.0 Å². The lowest BCUT2D eigenvalue weighted by Crippen LogP contribution is -2.48. The van der Waals surface area contributed by atoms with Gasteiger partial charge in [-0.05, 0) is 44.9 Å². The van der Waals surface area contributed by atoms with Crippen molar-refractivity contribution in [1.82, 2.24) is 10.2 Å². The number of anilines is 1. The normalized spacial score (nSPS) is 23.3. The predicted octanol–water partition coefficient (Wildman–Crippen LogP) is 2.47. The molecule has 1 atom stereocenters. The van der Waals surface area contributed by atoms with E-state index in [1.165, 1.54) is 6.42 Å². The van der Waals surface area contributed by atoms with Crippen LogP contribution in [0.15, 0.2) is 24.3 Å². The number of piperidine rings is 1. The lowest BCUT2D eigenvalue weighted by atomic mass is 9.79. The van der Waals surface area contributed by atoms with Crippen molar-refractivity contribution in [2.75, 3.05) is 38.1 Å². The van der Waals surface area contributed by atoms with Crippen molar-refractivity contribution in [3.63, 3.8) is 0 Å². The zero-order valence-electron chi connectivity index (χ0n) is 14.1. The van der Waals surface area contributed by atoms with E-state index >= 15 is 0 Å². The number of rotatable bonds is 3. The Bertz CT molecular complexity index is 611. The molecule has 0 saturated carbocycles. The second-order valence-corrected chi connectivity index (χ2v) is 6.65. The monoisotopic (exact) mass is 331 g/mol. The number of amides is 2. The van der Waals surface area contributed by atoms with Crippen LogP contribution in [0.4, 0.5) is 10.5 Å². The van der Waals surface area contributed by atoms with E-state index in [1.807, 2.05) is 4.90 Å². The minimum absolute atomic E-state index is 0.141. The molecule has 0 aromatic heterocycles. The van der Waals surface area contributed by atoms with Gasteiger partial charge in [0.05, 0.1) is 17.9 Å². The first kappa shape index (κ1) is 16.8. The van der Waals surface area contributed by atoms with Crippen LogP contribution in [0.3, 0.4) is 0 Å². The van der Waals surface area contributed by atoms with Crippen molar-refractivity contribution in [3.05, 3.63) is 29.8 Å². The van der Waals surface area contributed by atoms with E-state index in [0.29, 0.717) is 17.9 Å². The second kappa shape index (κ2) is 7.21. The Morgan fingerprint density at radius 2 is 2.17 bits per heavy atom. The number of carbonyl (C=O) groups excluding carboxylic acids is 2. The molecule has 3 rings (SSSR count). The first-order valence-electron chi connectivity index (χ1n) is 8.66. The van der Waals surface area contributed by atoms with Gasteiger partial charge >= 0.3 is 12.0 Å². The molecule has 0 bridgehead atoms. The number of benzene rings is 1. The molecule has 0 aliphatic carbocycles. The highest BCUT2D eigenvalue weighted by molar-refractivity contribution is 6.00. The molecule has 130 valence electrons. The van der Waals surface area contributed by atoms with E-state index in [4.69, 9.17) is 4.74 Å². The molecular formula is C18H25N3O3. The van der Waals surface area contributed by atoms with Crippen molar-refractivity contribution in [2.45, 2.75) is 26.2 Å². The number of hydrogen-bond acceptors (Lipinski definition) is 4. The Morgan fingerprint density at radius 3 is 2.92 bits per heavy atom. The SMILES string of the molecule is CCOC(=O)c1ccccc1NC(=O)N1CCC[C@]2(CCNC2)C1. The molecule has 2 heterocycles. The zero-order valence-corrected chi connectivity index (χ0v) is 14.1. The minimum Gasteiger partial charge on any atom is -0.462 e. The van der Waals surface area contributed by atoms with Gasteiger partial charge in [0.25, 0.3) is 0 Å². The lowest BCUT2D eigenvalue weighted by molar-refractivity contribution is 0.0527. The zero-order chi connectivity index (χ0) is 17.0. The molecule has 1 aromatic rings. The molecule has 24 heavy (non-hydrogen) atoms. The molecular weight excluding hydrogens is 306 g/mol. The van der Waals surface area contributed by atoms with Gasteiger partial charge in [-0.15, -0.1) is 0 Å². The molecule has 0 unspecified atom stereocenters. The average molecular weight is 331 g/mol. The molecule has 2 aliphatic heterocycles. The fraction of sp³-hybridized carbons (Fsp3) is 0.556. The largest absolute Gasteiger partial charge is 0.462 e. The molecule has 2 saturated heterocycles. The quantitative estimate of drug-likeness (QED) is 0.835. The summed E-state index contributed by atoms with van der Waals surface area (Å²) >= 11 is 0. The summed E-state index contributed by atoms with van der Waals surface area (Å²) in [6.45, 7) is 5.62. The fourth-order valence-electron chi connectivity index (χ4n) is 3.70. The highest BCUT2D eigenvalue weighted by atomic mass is 16.5. The molecule has 1 spiro atoms. The van der Waals surface area contributed by atoms with E-state index < -0.39 is 5.97 Å². The Hall–Kier alpha value is -2.08. The van der Waals surface area contributed by atoms with Crippen molar-refractivity contribution in [1.29, 1.82) is 0 Å². The van der Waals surface area contributed by atoms with Gasteiger partial charge in [-0.3, -0.25) is 0 Å². The summed E-state index contributed by atoms with van der Waals surface area (Å²) in [7, 11) is 0. The van der Waals surface area contributed by atoms with Gasteiger partial charge in [-0.25, -0.2) is 9.59 Å². The standard InChI is InChI=1S/C18H25N3O3/c1-2-24-16(22)14-6-3-4-7-15(14)20-17(23)21-11-5-8-18(13-21)9-10-19-12-18/h3-4,6-7,19H,2,5,8-13H2,1H3,(H,20,23)/t18-/m1/s1. The molecule has 1 aromatic carbocycles. The van der Waals surface area contributed by atoms with Crippen LogP contribution in [0.1, 0.15) is 36.5 Å². The summed E-state index contributed by atoms with van der Waals surface area (Å²) in [4.78, 5) is 26.6. The molecule has 6 heteroatoms. The van der Waals surface area contributed by atoms with Crippen LogP contribution in [0, 0.1) is 5.41 Å². The maximum atomic E-state index is 12.7. The Kier molecular flexibility index (Phi) is 5.04. The highest BCUT2D eigenvalue weighted by Crippen LogP contribution is 2.35. The number of hydrogen-bond donors (Lipinski definition) is 2. The van der Waals surface area contributed by atoms with Crippen LogP contribution in [0.2, 0.25) is 0 Å². The highest BCUT2D eigenvalue weighted by Gasteiger charge is 2.39. The number of urea groups is 1. The van der Waals surface area contributed by atoms with Gasteiger partial charge in [0.2, 0.25) is 0 Å². The predicted molar refractivity (Wildman–Crippen MR) is 92.1 cm³/mol. The summed E-state index contributed by atoms with van der Waals surface area (Å²) in [5.74, 6) is -0.413. The number of nitrogens with one attached hydrogen (secondary N) is 2. The van der Waals surface area contributed by atoms with Crippen LogP contribution in [0.25, 0.3) is 0 Å². The van der Waals surface area contributed by atoms with E-state index in [2.05, 4.69) is 10.6 Å². The van der Waals surface area contributed by atoms with Crippen LogP contribution < -0.4 is 10.6 Å². The van der Waals surface area contributed by atoms with Gasteiger partial charge in [-0.2, -0.15) is 0 Å². The second-order valence-electron chi connectivity index (χ2n) is 6.65. The van der Waals surface area contributed by atoms with Crippen LogP contribution in [0.5, 0.6) is 0 Å². The maximum absolute atomic E-state index is 12.7. The topological polar surface area (TPSA) is 70.7 Å². The molecule has 0 radical (unpaired) electrons. The number of likely N-dealkylation sites (tertiary alicyclic amines) is 1. The summed E-state index contributed by atoms with van der Waals surface area (Å²) in [6.07, 6.45) is 3.31. The molecule has 2 aliphatic rings. The van der Waals surface area contributed by atoms with E-state index in [-0.39, 0.29) is 11.4 Å². The van der Waals surface area contributed by atoms with Crippen molar-refractivity contribution in [2.24, 2.45) is 5.41 Å². The van der Waals surface area contributed by atoms with E-state index in [9.17, 15) is 9.59 Å². The van der Waals surface area contributed by atoms with Crippen LogP contribution in [-0.2, 0) is 4.74 Å². The van der Waals surface area contributed by atoms with E-state index in [1.54, 1.807) is 31.2 Å². The lowest BCUT2D eigenvalue weighted by Gasteiger charge is -2.40. The third kappa shape index (κ3) is 3.53. The average Bonchev–Trinajstić information content (AvgIpc) is 3.03. The van der Waals surface area contributed by atoms with Crippen molar-refractivity contribution >= 4 is 17.7 Å². The summed E-state index contributed by atoms with van der Waals surface area (Å²) in [5, 5.41) is 6.30. The number of para-hydroxylation sites is 1. The third-order valence-corrected chi connectivity index (χ3v) is 4.94. The number of ether oxygens (including phenoxy) is 1. The van der Waals surface area contributed by atoms with E-state index in [0.717, 1.165) is 39.0 Å². The Morgan fingerprint density at radius 1 is 1.33 bits per heavy atom. The molecule has 2 fully saturated rings. The summed E-state index contributed by atoms with van der Waals surface area (Å²) in [5.41, 5.74) is 1.11. The Labute approximate surface area is 142 Å². The van der Waals surface area contributed by atoms with Gasteiger partial charge in [0.1, 0.15) is 0 Å². The van der Waals surface area contributed by atoms with Crippen LogP contribution >= 0.6 is 0 Å². The smallest absolute Gasteiger partial charge is 0.340 e. The summed E-state index contributed by atoms with van der Waals surface area (Å²) in [6, 6.07) is 6.84. The fourth-order valence-corrected chi connectivity index (χ4v) is 3.70. The van der Waals surface area contributed by atoms with Gasteiger partial charge in [-0.1, -0.05) is 12.1 Å².